The average molecular weight is 228 g/mol. The van der Waals surface area contributed by atoms with Crippen LogP contribution in [-0.2, 0) is 0 Å². The first-order valence-electron chi connectivity index (χ1n) is 5.60. The molecule has 2 rings (SSSR count). The fourth-order valence-electron chi connectivity index (χ4n) is 1.53. The zero-order valence-electron chi connectivity index (χ0n) is 10.0. The predicted octanol–water partition coefficient (Wildman–Crippen LogP) is 2.93. The van der Waals surface area contributed by atoms with Crippen LogP contribution in [0.4, 0.5) is 17.3 Å². The van der Waals surface area contributed by atoms with Crippen LogP contribution in [0.3, 0.4) is 0 Å². The van der Waals surface area contributed by atoms with Crippen LogP contribution in [-0.4, -0.2) is 9.97 Å². The molecule has 0 aliphatic rings. The number of nitrogens with two attached hydrogens (primary N) is 1. The zero-order valence-corrected chi connectivity index (χ0v) is 10.0. The number of aromatic nitrogens is 2. The normalized spacial score (nSPS) is 10.5. The Morgan fingerprint density at radius 2 is 1.71 bits per heavy atom. The van der Waals surface area contributed by atoms with Crippen LogP contribution in [0.25, 0.3) is 0 Å². The van der Waals surface area contributed by atoms with Crippen LogP contribution >= 0.6 is 0 Å². The summed E-state index contributed by atoms with van der Waals surface area (Å²) in [5, 5.41) is 3.14. The van der Waals surface area contributed by atoms with Crippen LogP contribution in [0, 0.1) is 0 Å². The van der Waals surface area contributed by atoms with E-state index in [2.05, 4.69) is 41.3 Å². The topological polar surface area (TPSA) is 63.8 Å². The Morgan fingerprint density at radius 1 is 1.06 bits per heavy atom. The third-order valence-corrected chi connectivity index (χ3v) is 2.57. The number of hydrogen-bond acceptors (Lipinski definition) is 4. The van der Waals surface area contributed by atoms with Gasteiger partial charge in [-0.3, -0.25) is 0 Å². The lowest BCUT2D eigenvalue weighted by atomic mass is 10.0. The van der Waals surface area contributed by atoms with E-state index in [4.69, 9.17) is 5.73 Å². The van der Waals surface area contributed by atoms with Crippen molar-refractivity contribution < 1.29 is 0 Å². The quantitative estimate of drug-likeness (QED) is 0.847. The molecule has 2 aromatic rings. The van der Waals surface area contributed by atoms with E-state index in [1.165, 1.54) is 5.56 Å². The first kappa shape index (κ1) is 11.4. The summed E-state index contributed by atoms with van der Waals surface area (Å²) in [7, 11) is 0. The Balaban J connectivity index is 2.17. The number of rotatable bonds is 3. The van der Waals surface area contributed by atoms with Crippen molar-refractivity contribution >= 4 is 17.3 Å². The summed E-state index contributed by atoms with van der Waals surface area (Å²) >= 11 is 0. The van der Waals surface area contributed by atoms with Gasteiger partial charge in [0.2, 0.25) is 0 Å². The van der Waals surface area contributed by atoms with Crippen molar-refractivity contribution in [1.82, 2.24) is 9.97 Å². The highest BCUT2D eigenvalue weighted by atomic mass is 15.0. The number of hydrogen-bond donors (Lipinski definition) is 2. The first-order chi connectivity index (χ1) is 8.16. The highest BCUT2D eigenvalue weighted by molar-refractivity contribution is 5.65. The van der Waals surface area contributed by atoms with E-state index in [0.717, 1.165) is 5.69 Å². The van der Waals surface area contributed by atoms with Gasteiger partial charge < -0.3 is 11.1 Å². The molecule has 0 amide bonds. The molecule has 0 aliphatic carbocycles. The maximum atomic E-state index is 5.71. The summed E-state index contributed by atoms with van der Waals surface area (Å²) in [6, 6.07) is 8.23. The molecule has 1 heterocycles. The fourth-order valence-corrected chi connectivity index (χ4v) is 1.53. The monoisotopic (exact) mass is 228 g/mol. The van der Waals surface area contributed by atoms with Crippen molar-refractivity contribution in [2.75, 3.05) is 11.1 Å². The van der Waals surface area contributed by atoms with Crippen molar-refractivity contribution in [3.8, 4) is 0 Å². The van der Waals surface area contributed by atoms with E-state index < -0.39 is 0 Å². The smallest absolute Gasteiger partial charge is 0.173 e. The Hall–Kier alpha value is -2.10. The lowest BCUT2D eigenvalue weighted by Crippen LogP contribution is -2.00. The molecule has 3 N–H and O–H groups in total. The number of benzene rings is 1. The lowest BCUT2D eigenvalue weighted by Gasteiger charge is -2.09. The zero-order chi connectivity index (χ0) is 12.3. The van der Waals surface area contributed by atoms with E-state index in [9.17, 15) is 0 Å². The van der Waals surface area contributed by atoms with Crippen LogP contribution in [0.1, 0.15) is 25.3 Å². The van der Waals surface area contributed by atoms with Gasteiger partial charge in [-0.25, -0.2) is 9.97 Å². The van der Waals surface area contributed by atoms with Gasteiger partial charge in [0.1, 0.15) is 0 Å². The van der Waals surface area contributed by atoms with Gasteiger partial charge in [-0.15, -0.1) is 0 Å². The van der Waals surface area contributed by atoms with Gasteiger partial charge in [-0.1, -0.05) is 26.0 Å². The Kier molecular flexibility index (Phi) is 3.23. The van der Waals surface area contributed by atoms with Gasteiger partial charge in [0.05, 0.1) is 0 Å². The van der Waals surface area contributed by atoms with Crippen molar-refractivity contribution in [1.29, 1.82) is 0 Å². The SMILES string of the molecule is CC(C)c1ccc(Nc2nccnc2N)cc1. The van der Waals surface area contributed by atoms with Crippen molar-refractivity contribution in [3.63, 3.8) is 0 Å². The number of nitrogens with one attached hydrogen (secondary N) is 1. The maximum absolute atomic E-state index is 5.71. The van der Waals surface area contributed by atoms with E-state index in [1.807, 2.05) is 12.1 Å². The summed E-state index contributed by atoms with van der Waals surface area (Å²) in [5.74, 6) is 1.52. The third kappa shape index (κ3) is 2.72. The first-order valence-corrected chi connectivity index (χ1v) is 5.60. The Bertz CT molecular complexity index is 491. The molecule has 17 heavy (non-hydrogen) atoms. The number of nitrogen functional groups attached to an aromatic ring is 1. The molecule has 0 fully saturated rings. The van der Waals surface area contributed by atoms with Crippen LogP contribution in [0.15, 0.2) is 36.7 Å². The molecule has 0 unspecified atom stereocenters. The highest BCUT2D eigenvalue weighted by Crippen LogP contribution is 2.21. The molecule has 1 aromatic heterocycles. The van der Waals surface area contributed by atoms with E-state index in [-0.39, 0.29) is 0 Å². The molecule has 1 aromatic carbocycles. The minimum absolute atomic E-state index is 0.403. The van der Waals surface area contributed by atoms with Crippen LogP contribution in [0.2, 0.25) is 0 Å². The Labute approximate surface area is 101 Å². The van der Waals surface area contributed by atoms with Crippen molar-refractivity contribution in [2.24, 2.45) is 0 Å². The summed E-state index contributed by atoms with van der Waals surface area (Å²) < 4.78 is 0. The second kappa shape index (κ2) is 4.82. The lowest BCUT2D eigenvalue weighted by molar-refractivity contribution is 0.867. The molecule has 0 saturated heterocycles. The molecule has 0 radical (unpaired) electrons. The molecule has 0 atom stereocenters. The maximum Gasteiger partial charge on any atom is 0.173 e. The number of anilines is 3. The van der Waals surface area contributed by atoms with Crippen molar-refractivity contribution in [3.05, 3.63) is 42.2 Å². The molecule has 4 heteroatoms. The van der Waals surface area contributed by atoms with Gasteiger partial charge in [0, 0.05) is 18.1 Å². The standard InChI is InChI=1S/C13H16N4/c1-9(2)10-3-5-11(6-4-10)17-13-12(14)15-7-8-16-13/h3-9H,1-2H3,(H2,14,15)(H,16,17). The summed E-state index contributed by atoms with van der Waals surface area (Å²) in [4.78, 5) is 8.11. The average Bonchev–Trinajstić information content (AvgIpc) is 2.33. The minimum atomic E-state index is 0.403. The van der Waals surface area contributed by atoms with E-state index in [1.54, 1.807) is 12.4 Å². The van der Waals surface area contributed by atoms with Gasteiger partial charge in [0.15, 0.2) is 11.6 Å². The molecule has 4 nitrogen and oxygen atoms in total. The molecule has 88 valence electrons. The van der Waals surface area contributed by atoms with E-state index >= 15 is 0 Å². The molecular weight excluding hydrogens is 212 g/mol. The molecule has 0 spiro atoms. The largest absolute Gasteiger partial charge is 0.381 e. The van der Waals surface area contributed by atoms with Gasteiger partial charge in [0.25, 0.3) is 0 Å². The second-order valence-corrected chi connectivity index (χ2v) is 4.19. The third-order valence-electron chi connectivity index (χ3n) is 2.57. The number of nitrogens with zero attached hydrogens (tertiary/aromatic N) is 2. The van der Waals surface area contributed by atoms with Gasteiger partial charge >= 0.3 is 0 Å². The second-order valence-electron chi connectivity index (χ2n) is 4.19. The van der Waals surface area contributed by atoms with Crippen LogP contribution < -0.4 is 11.1 Å². The highest BCUT2D eigenvalue weighted by Gasteiger charge is 2.02. The summed E-state index contributed by atoms with van der Waals surface area (Å²) in [6.45, 7) is 4.34. The molecule has 0 aliphatic heterocycles. The molecule has 0 saturated carbocycles. The Morgan fingerprint density at radius 3 is 2.29 bits per heavy atom. The van der Waals surface area contributed by atoms with E-state index in [0.29, 0.717) is 17.6 Å². The van der Waals surface area contributed by atoms with Crippen LogP contribution in [0.5, 0.6) is 0 Å². The molecule has 0 bridgehead atoms. The fraction of sp³-hybridized carbons (Fsp3) is 0.231. The van der Waals surface area contributed by atoms with Crippen molar-refractivity contribution in [2.45, 2.75) is 19.8 Å². The summed E-state index contributed by atoms with van der Waals surface area (Å²) in [6.07, 6.45) is 3.18. The summed E-state index contributed by atoms with van der Waals surface area (Å²) in [5.41, 5.74) is 7.98. The minimum Gasteiger partial charge on any atom is -0.381 e. The predicted molar refractivity (Wildman–Crippen MR) is 70.3 cm³/mol. The molecular formula is C13H16N4. The van der Waals surface area contributed by atoms with Gasteiger partial charge in [-0.05, 0) is 23.6 Å². The van der Waals surface area contributed by atoms with Gasteiger partial charge in [-0.2, -0.15) is 0 Å².